The largest absolute Gasteiger partial charge is 0.507 e. The van der Waals surface area contributed by atoms with Gasteiger partial charge in [0, 0.05) is 0 Å². The highest BCUT2D eigenvalue weighted by Gasteiger charge is 2.03. The van der Waals surface area contributed by atoms with Crippen molar-refractivity contribution in [1.82, 2.24) is 0 Å². The monoisotopic (exact) mass is 192 g/mol. The Labute approximate surface area is 84.8 Å². The molecule has 0 atom stereocenters. The van der Waals surface area contributed by atoms with E-state index in [4.69, 9.17) is 4.74 Å². The highest BCUT2D eigenvalue weighted by molar-refractivity contribution is 5.44. The highest BCUT2D eigenvalue weighted by atomic mass is 16.5. The number of phenols is 1. The molecule has 0 aliphatic rings. The van der Waals surface area contributed by atoms with Crippen molar-refractivity contribution in [3.63, 3.8) is 0 Å². The van der Waals surface area contributed by atoms with Crippen LogP contribution in [-0.4, -0.2) is 11.7 Å². The van der Waals surface area contributed by atoms with Crippen molar-refractivity contribution in [1.29, 1.82) is 0 Å². The van der Waals surface area contributed by atoms with E-state index in [0.717, 1.165) is 16.9 Å². The summed E-state index contributed by atoms with van der Waals surface area (Å²) in [5, 5.41) is 9.53. The normalized spacial score (nSPS) is 10.8. The summed E-state index contributed by atoms with van der Waals surface area (Å²) in [6.07, 6.45) is 3.89. The number of aryl methyl sites for hydroxylation is 2. The molecule has 0 radical (unpaired) electrons. The van der Waals surface area contributed by atoms with Crippen LogP contribution in [0.5, 0.6) is 11.5 Å². The number of hydrogen-bond acceptors (Lipinski definition) is 2. The minimum atomic E-state index is 0.350. The topological polar surface area (TPSA) is 29.5 Å². The van der Waals surface area contributed by atoms with Gasteiger partial charge in [-0.3, -0.25) is 0 Å². The Morgan fingerprint density at radius 2 is 1.86 bits per heavy atom. The minimum absolute atomic E-state index is 0.350. The minimum Gasteiger partial charge on any atom is -0.507 e. The Morgan fingerprint density at radius 1 is 1.29 bits per heavy atom. The van der Waals surface area contributed by atoms with E-state index >= 15 is 0 Å². The van der Waals surface area contributed by atoms with E-state index in [1.54, 1.807) is 0 Å². The molecule has 0 bridgehead atoms. The predicted octanol–water partition coefficient (Wildman–Crippen LogP) is 2.96. The smallest absolute Gasteiger partial charge is 0.121 e. The van der Waals surface area contributed by atoms with E-state index < -0.39 is 0 Å². The molecule has 0 aliphatic heterocycles. The van der Waals surface area contributed by atoms with Gasteiger partial charge in [0.15, 0.2) is 0 Å². The molecule has 76 valence electrons. The molecule has 0 spiro atoms. The van der Waals surface area contributed by atoms with Crippen LogP contribution in [0.25, 0.3) is 0 Å². The lowest BCUT2D eigenvalue weighted by Gasteiger charge is -2.08. The summed E-state index contributed by atoms with van der Waals surface area (Å²) >= 11 is 0. The van der Waals surface area contributed by atoms with Gasteiger partial charge in [0.1, 0.15) is 18.1 Å². The standard InChI is InChI=1S/C12H16O2/c1-4-5-6-14-11-7-9(2)12(13)10(3)8-11/h4-5,7-8,13H,6H2,1-3H3/b5-4+. The predicted molar refractivity (Wildman–Crippen MR) is 57.9 cm³/mol. The molecule has 0 saturated heterocycles. The zero-order valence-electron chi connectivity index (χ0n) is 8.87. The van der Waals surface area contributed by atoms with Crippen molar-refractivity contribution in [3.8, 4) is 11.5 Å². The molecule has 0 aliphatic carbocycles. The summed E-state index contributed by atoms with van der Waals surface area (Å²) in [6, 6.07) is 3.68. The van der Waals surface area contributed by atoms with Crippen LogP contribution in [0, 0.1) is 13.8 Å². The summed E-state index contributed by atoms with van der Waals surface area (Å²) in [5.41, 5.74) is 1.70. The number of allylic oxidation sites excluding steroid dienone is 1. The Balaban J connectivity index is 2.79. The lowest BCUT2D eigenvalue weighted by atomic mass is 10.1. The van der Waals surface area contributed by atoms with Gasteiger partial charge in [-0.25, -0.2) is 0 Å². The first kappa shape index (κ1) is 10.6. The lowest BCUT2D eigenvalue weighted by Crippen LogP contribution is -1.94. The molecule has 2 heteroatoms. The van der Waals surface area contributed by atoms with Crippen LogP contribution in [0.4, 0.5) is 0 Å². The molecule has 0 heterocycles. The van der Waals surface area contributed by atoms with Gasteiger partial charge in [0.2, 0.25) is 0 Å². The van der Waals surface area contributed by atoms with E-state index in [1.165, 1.54) is 0 Å². The van der Waals surface area contributed by atoms with Gasteiger partial charge in [-0.05, 0) is 44.0 Å². The summed E-state index contributed by atoms with van der Waals surface area (Å²) in [5.74, 6) is 1.15. The number of phenolic OH excluding ortho intramolecular Hbond substituents is 1. The van der Waals surface area contributed by atoms with Gasteiger partial charge in [0.25, 0.3) is 0 Å². The van der Waals surface area contributed by atoms with E-state index in [-0.39, 0.29) is 0 Å². The van der Waals surface area contributed by atoms with Gasteiger partial charge < -0.3 is 9.84 Å². The molecule has 1 aromatic carbocycles. The number of hydrogen-bond donors (Lipinski definition) is 1. The fourth-order valence-electron chi connectivity index (χ4n) is 1.24. The SMILES string of the molecule is C/C=C/COc1cc(C)c(O)c(C)c1. The fourth-order valence-corrected chi connectivity index (χ4v) is 1.24. The zero-order valence-corrected chi connectivity index (χ0v) is 8.87. The second kappa shape index (κ2) is 4.70. The molecule has 2 nitrogen and oxygen atoms in total. The second-order valence-electron chi connectivity index (χ2n) is 3.29. The average molecular weight is 192 g/mol. The maximum atomic E-state index is 9.53. The van der Waals surface area contributed by atoms with E-state index in [1.807, 2.05) is 45.1 Å². The molecule has 1 N–H and O–H groups in total. The Hall–Kier alpha value is -1.44. The Kier molecular flexibility index (Phi) is 3.57. The first-order valence-electron chi connectivity index (χ1n) is 4.69. The van der Waals surface area contributed by atoms with Crippen molar-refractivity contribution in [2.45, 2.75) is 20.8 Å². The summed E-state index contributed by atoms with van der Waals surface area (Å²) < 4.78 is 5.47. The number of rotatable bonds is 3. The van der Waals surface area contributed by atoms with Gasteiger partial charge in [-0.1, -0.05) is 12.2 Å². The van der Waals surface area contributed by atoms with E-state index in [0.29, 0.717) is 12.4 Å². The molecule has 0 aromatic heterocycles. The van der Waals surface area contributed by atoms with Crippen LogP contribution >= 0.6 is 0 Å². The average Bonchev–Trinajstić information content (AvgIpc) is 2.14. The molecular weight excluding hydrogens is 176 g/mol. The molecule has 0 unspecified atom stereocenters. The summed E-state index contributed by atoms with van der Waals surface area (Å²) in [4.78, 5) is 0. The highest BCUT2D eigenvalue weighted by Crippen LogP contribution is 2.26. The molecule has 1 rings (SSSR count). The van der Waals surface area contributed by atoms with Gasteiger partial charge in [0.05, 0.1) is 0 Å². The van der Waals surface area contributed by atoms with Crippen LogP contribution in [0.15, 0.2) is 24.3 Å². The Morgan fingerprint density at radius 3 is 2.36 bits per heavy atom. The number of aromatic hydroxyl groups is 1. The van der Waals surface area contributed by atoms with Crippen LogP contribution in [0.1, 0.15) is 18.1 Å². The maximum Gasteiger partial charge on any atom is 0.121 e. The number of benzene rings is 1. The van der Waals surface area contributed by atoms with Crippen LogP contribution in [0.2, 0.25) is 0 Å². The lowest BCUT2D eigenvalue weighted by molar-refractivity contribution is 0.360. The third-order valence-corrected chi connectivity index (χ3v) is 2.05. The summed E-state index contributed by atoms with van der Waals surface area (Å²) in [7, 11) is 0. The van der Waals surface area contributed by atoms with Crippen molar-refractivity contribution >= 4 is 0 Å². The Bertz CT molecular complexity index is 317. The van der Waals surface area contributed by atoms with Crippen LogP contribution in [-0.2, 0) is 0 Å². The van der Waals surface area contributed by atoms with Crippen molar-refractivity contribution in [2.24, 2.45) is 0 Å². The third kappa shape index (κ3) is 2.52. The molecule has 0 fully saturated rings. The van der Waals surface area contributed by atoms with Gasteiger partial charge in [-0.2, -0.15) is 0 Å². The molecular formula is C12H16O2. The van der Waals surface area contributed by atoms with Crippen LogP contribution in [0.3, 0.4) is 0 Å². The molecule has 14 heavy (non-hydrogen) atoms. The molecule has 0 saturated carbocycles. The number of ether oxygens (including phenoxy) is 1. The zero-order chi connectivity index (χ0) is 10.6. The van der Waals surface area contributed by atoms with Crippen LogP contribution < -0.4 is 4.74 Å². The van der Waals surface area contributed by atoms with Crippen molar-refractivity contribution in [2.75, 3.05) is 6.61 Å². The fraction of sp³-hybridized carbons (Fsp3) is 0.333. The van der Waals surface area contributed by atoms with Gasteiger partial charge in [-0.15, -0.1) is 0 Å². The first-order chi connectivity index (χ1) is 6.65. The third-order valence-electron chi connectivity index (χ3n) is 2.05. The molecule has 1 aromatic rings. The summed E-state index contributed by atoms with van der Waals surface area (Å²) in [6.45, 7) is 6.26. The second-order valence-corrected chi connectivity index (χ2v) is 3.29. The molecule has 0 amide bonds. The van der Waals surface area contributed by atoms with E-state index in [9.17, 15) is 5.11 Å². The van der Waals surface area contributed by atoms with E-state index in [2.05, 4.69) is 0 Å². The maximum absolute atomic E-state index is 9.53. The van der Waals surface area contributed by atoms with Crippen molar-refractivity contribution in [3.05, 3.63) is 35.4 Å². The quantitative estimate of drug-likeness (QED) is 0.746. The van der Waals surface area contributed by atoms with Gasteiger partial charge >= 0.3 is 0 Å². The first-order valence-corrected chi connectivity index (χ1v) is 4.69. The van der Waals surface area contributed by atoms with Crippen molar-refractivity contribution < 1.29 is 9.84 Å².